The molecule has 14 heavy (non-hydrogen) atoms. The zero-order valence-corrected chi connectivity index (χ0v) is 10.3. The lowest BCUT2D eigenvalue weighted by molar-refractivity contribution is 1.25. The standard InChI is InChI=1S/C10H6Br2N2/c11-8-3-5-14-10(12)9(8)7-2-1-4-13-6-7/h1-6H. The van der Waals surface area contributed by atoms with Crippen LogP contribution in [0.5, 0.6) is 0 Å². The Kier molecular flexibility index (Phi) is 2.93. The van der Waals surface area contributed by atoms with E-state index in [0.29, 0.717) is 0 Å². The van der Waals surface area contributed by atoms with Gasteiger partial charge in [-0.1, -0.05) is 6.07 Å². The van der Waals surface area contributed by atoms with Gasteiger partial charge in [-0.25, -0.2) is 4.98 Å². The van der Waals surface area contributed by atoms with Gasteiger partial charge in [0, 0.05) is 34.2 Å². The first-order chi connectivity index (χ1) is 6.79. The molecule has 0 aliphatic carbocycles. The molecule has 4 heteroatoms. The number of nitrogens with zero attached hydrogens (tertiary/aromatic N) is 2. The smallest absolute Gasteiger partial charge is 0.115 e. The quantitative estimate of drug-likeness (QED) is 0.751. The van der Waals surface area contributed by atoms with Crippen molar-refractivity contribution in [3.05, 3.63) is 45.9 Å². The Morgan fingerprint density at radius 3 is 2.57 bits per heavy atom. The summed E-state index contributed by atoms with van der Waals surface area (Å²) in [5, 5.41) is 0. The first kappa shape index (κ1) is 9.80. The zero-order valence-electron chi connectivity index (χ0n) is 7.11. The molecular formula is C10H6Br2N2. The van der Waals surface area contributed by atoms with E-state index in [9.17, 15) is 0 Å². The van der Waals surface area contributed by atoms with Crippen LogP contribution >= 0.6 is 31.9 Å². The number of halogens is 2. The van der Waals surface area contributed by atoms with Gasteiger partial charge >= 0.3 is 0 Å². The molecule has 2 nitrogen and oxygen atoms in total. The second kappa shape index (κ2) is 4.19. The van der Waals surface area contributed by atoms with Gasteiger partial charge in [0.25, 0.3) is 0 Å². The highest BCUT2D eigenvalue weighted by Gasteiger charge is 2.07. The van der Waals surface area contributed by atoms with Crippen molar-refractivity contribution in [3.63, 3.8) is 0 Å². The van der Waals surface area contributed by atoms with Gasteiger partial charge < -0.3 is 0 Å². The van der Waals surface area contributed by atoms with E-state index < -0.39 is 0 Å². The van der Waals surface area contributed by atoms with Crippen molar-refractivity contribution in [3.8, 4) is 11.1 Å². The number of rotatable bonds is 1. The molecule has 0 N–H and O–H groups in total. The maximum atomic E-state index is 4.18. The number of aromatic nitrogens is 2. The molecule has 0 aromatic carbocycles. The Morgan fingerprint density at radius 1 is 1.07 bits per heavy atom. The third kappa shape index (κ3) is 1.86. The highest BCUT2D eigenvalue weighted by Crippen LogP contribution is 2.32. The summed E-state index contributed by atoms with van der Waals surface area (Å²) in [5.74, 6) is 0. The number of hydrogen-bond donors (Lipinski definition) is 0. The van der Waals surface area contributed by atoms with Gasteiger partial charge in [0.05, 0.1) is 0 Å². The highest BCUT2D eigenvalue weighted by molar-refractivity contribution is 9.11. The molecule has 2 heterocycles. The SMILES string of the molecule is Brc1ccnc(Br)c1-c1cccnc1. The first-order valence-corrected chi connectivity index (χ1v) is 5.58. The van der Waals surface area contributed by atoms with Crippen LogP contribution in [0.4, 0.5) is 0 Å². The molecule has 0 aliphatic heterocycles. The third-order valence-electron chi connectivity index (χ3n) is 1.80. The average Bonchev–Trinajstić information content (AvgIpc) is 2.19. The topological polar surface area (TPSA) is 25.8 Å². The van der Waals surface area contributed by atoms with Crippen LogP contribution in [0.1, 0.15) is 0 Å². The average molecular weight is 314 g/mol. The van der Waals surface area contributed by atoms with Crippen LogP contribution in [0, 0.1) is 0 Å². The van der Waals surface area contributed by atoms with E-state index in [4.69, 9.17) is 0 Å². The van der Waals surface area contributed by atoms with Crippen molar-refractivity contribution in [2.75, 3.05) is 0 Å². The minimum Gasteiger partial charge on any atom is -0.264 e. The Labute approximate surface area is 98.7 Å². The second-order valence-corrected chi connectivity index (χ2v) is 4.31. The van der Waals surface area contributed by atoms with E-state index in [1.807, 2.05) is 24.4 Å². The maximum Gasteiger partial charge on any atom is 0.115 e. The molecule has 70 valence electrons. The summed E-state index contributed by atoms with van der Waals surface area (Å²) in [6.07, 6.45) is 5.31. The molecule has 0 fully saturated rings. The van der Waals surface area contributed by atoms with Crippen molar-refractivity contribution < 1.29 is 0 Å². The third-order valence-corrected chi connectivity index (χ3v) is 3.07. The van der Waals surface area contributed by atoms with Gasteiger partial charge in [0.1, 0.15) is 4.60 Å². The summed E-state index contributed by atoms with van der Waals surface area (Å²) in [4.78, 5) is 8.25. The predicted octanol–water partition coefficient (Wildman–Crippen LogP) is 3.67. The van der Waals surface area contributed by atoms with Gasteiger partial charge in [-0.15, -0.1) is 0 Å². The van der Waals surface area contributed by atoms with E-state index in [1.165, 1.54) is 0 Å². The molecule has 0 amide bonds. The predicted molar refractivity (Wildman–Crippen MR) is 62.9 cm³/mol. The number of pyridine rings is 2. The Bertz CT molecular complexity index is 423. The molecule has 0 spiro atoms. The van der Waals surface area contributed by atoms with Crippen LogP contribution in [0.2, 0.25) is 0 Å². The largest absolute Gasteiger partial charge is 0.264 e. The van der Waals surface area contributed by atoms with Crippen molar-refractivity contribution in [1.29, 1.82) is 0 Å². The molecule has 0 saturated heterocycles. The van der Waals surface area contributed by atoms with E-state index in [0.717, 1.165) is 20.2 Å². The molecular weight excluding hydrogens is 308 g/mol. The van der Waals surface area contributed by atoms with Gasteiger partial charge in [-0.3, -0.25) is 4.98 Å². The monoisotopic (exact) mass is 312 g/mol. The summed E-state index contributed by atoms with van der Waals surface area (Å²) < 4.78 is 1.83. The van der Waals surface area contributed by atoms with Crippen LogP contribution in [0.25, 0.3) is 11.1 Å². The van der Waals surface area contributed by atoms with Gasteiger partial charge in [-0.05, 0) is 44.0 Å². The first-order valence-electron chi connectivity index (χ1n) is 3.99. The molecule has 0 unspecified atom stereocenters. The van der Waals surface area contributed by atoms with Crippen molar-refractivity contribution >= 4 is 31.9 Å². The molecule has 0 bridgehead atoms. The van der Waals surface area contributed by atoms with Crippen molar-refractivity contribution in [1.82, 2.24) is 9.97 Å². The Balaban J connectivity index is 2.63. The minimum absolute atomic E-state index is 0.819. The minimum atomic E-state index is 0.819. The van der Waals surface area contributed by atoms with Gasteiger partial charge in [-0.2, -0.15) is 0 Å². The van der Waals surface area contributed by atoms with Crippen LogP contribution in [0.15, 0.2) is 45.9 Å². The lowest BCUT2D eigenvalue weighted by Crippen LogP contribution is -1.85. The molecule has 2 rings (SSSR count). The number of hydrogen-bond acceptors (Lipinski definition) is 2. The second-order valence-electron chi connectivity index (χ2n) is 2.70. The van der Waals surface area contributed by atoms with Crippen LogP contribution in [-0.4, -0.2) is 9.97 Å². The summed E-state index contributed by atoms with van der Waals surface area (Å²) in [6, 6.07) is 5.81. The molecule has 0 radical (unpaired) electrons. The zero-order chi connectivity index (χ0) is 9.97. The Morgan fingerprint density at radius 2 is 1.93 bits per heavy atom. The molecule has 0 saturated carbocycles. The normalized spacial score (nSPS) is 10.1. The molecule has 2 aromatic rings. The fourth-order valence-electron chi connectivity index (χ4n) is 1.18. The lowest BCUT2D eigenvalue weighted by atomic mass is 10.1. The van der Waals surface area contributed by atoms with Gasteiger partial charge in [0.2, 0.25) is 0 Å². The summed E-state index contributed by atoms with van der Waals surface area (Å²) >= 11 is 6.90. The fourth-order valence-corrected chi connectivity index (χ4v) is 2.54. The molecule has 0 aliphatic rings. The molecule has 0 atom stereocenters. The fraction of sp³-hybridized carbons (Fsp3) is 0. The van der Waals surface area contributed by atoms with Crippen LogP contribution in [-0.2, 0) is 0 Å². The lowest BCUT2D eigenvalue weighted by Gasteiger charge is -2.05. The summed E-state index contributed by atoms with van der Waals surface area (Å²) in [6.45, 7) is 0. The van der Waals surface area contributed by atoms with E-state index in [1.54, 1.807) is 12.4 Å². The van der Waals surface area contributed by atoms with E-state index >= 15 is 0 Å². The van der Waals surface area contributed by atoms with E-state index in [2.05, 4.69) is 41.8 Å². The van der Waals surface area contributed by atoms with Crippen LogP contribution in [0.3, 0.4) is 0 Å². The molecule has 2 aromatic heterocycles. The van der Waals surface area contributed by atoms with Crippen LogP contribution < -0.4 is 0 Å². The van der Waals surface area contributed by atoms with E-state index in [-0.39, 0.29) is 0 Å². The Hall–Kier alpha value is -0.740. The van der Waals surface area contributed by atoms with Gasteiger partial charge in [0.15, 0.2) is 0 Å². The maximum absolute atomic E-state index is 4.18. The highest BCUT2D eigenvalue weighted by atomic mass is 79.9. The van der Waals surface area contributed by atoms with Crippen molar-refractivity contribution in [2.24, 2.45) is 0 Å². The summed E-state index contributed by atoms with van der Waals surface area (Å²) in [5.41, 5.74) is 2.07. The van der Waals surface area contributed by atoms with Crippen molar-refractivity contribution in [2.45, 2.75) is 0 Å². The summed E-state index contributed by atoms with van der Waals surface area (Å²) in [7, 11) is 0.